The van der Waals surface area contributed by atoms with E-state index in [-0.39, 0.29) is 12.4 Å². The number of benzene rings is 1. The van der Waals surface area contributed by atoms with Crippen molar-refractivity contribution in [3.8, 4) is 0 Å². The number of nitrogens with one attached hydrogen (secondary N) is 1. The normalized spacial score (nSPS) is 15.7. The summed E-state index contributed by atoms with van der Waals surface area (Å²) < 4.78 is 18.2. The van der Waals surface area contributed by atoms with Crippen molar-refractivity contribution < 1.29 is 13.9 Å². The van der Waals surface area contributed by atoms with Crippen LogP contribution in [0.3, 0.4) is 0 Å². The van der Waals surface area contributed by atoms with E-state index in [0.29, 0.717) is 17.3 Å². The molecule has 2 aromatic rings. The van der Waals surface area contributed by atoms with Crippen molar-refractivity contribution in [2.45, 2.75) is 31.6 Å². The number of halogens is 1. The van der Waals surface area contributed by atoms with Gasteiger partial charge in [0.2, 0.25) is 0 Å². The minimum Gasteiger partial charge on any atom is -0.465 e. The van der Waals surface area contributed by atoms with Crippen LogP contribution >= 0.6 is 0 Å². The van der Waals surface area contributed by atoms with Crippen molar-refractivity contribution in [1.82, 2.24) is 15.2 Å². The average molecular weight is 289 g/mol. The molecular formula is C15H16FN3O2. The molecule has 1 aliphatic rings. The Morgan fingerprint density at radius 3 is 2.76 bits per heavy atom. The van der Waals surface area contributed by atoms with Gasteiger partial charge in [0, 0.05) is 5.92 Å². The van der Waals surface area contributed by atoms with E-state index < -0.39 is 11.9 Å². The minimum absolute atomic E-state index is 0.274. The Hall–Kier alpha value is -2.24. The number of aromatic amines is 1. The largest absolute Gasteiger partial charge is 0.465 e. The zero-order valence-electron chi connectivity index (χ0n) is 11.7. The Kier molecular flexibility index (Phi) is 3.68. The molecule has 110 valence electrons. The molecule has 0 spiro atoms. The first-order chi connectivity index (χ1) is 10.2. The highest BCUT2D eigenvalue weighted by Crippen LogP contribution is 2.38. The maximum Gasteiger partial charge on any atom is 0.321 e. The van der Waals surface area contributed by atoms with Gasteiger partial charge in [0.25, 0.3) is 0 Å². The molecule has 6 heteroatoms. The number of ether oxygens (including phenoxy) is 1. The van der Waals surface area contributed by atoms with Gasteiger partial charge in [-0.1, -0.05) is 12.1 Å². The van der Waals surface area contributed by atoms with Gasteiger partial charge < -0.3 is 4.74 Å². The highest BCUT2D eigenvalue weighted by molar-refractivity contribution is 5.81. The molecular weight excluding hydrogens is 273 g/mol. The highest BCUT2D eigenvalue weighted by Gasteiger charge is 2.32. The predicted molar refractivity (Wildman–Crippen MR) is 73.2 cm³/mol. The number of hydrogen-bond acceptors (Lipinski definition) is 4. The molecule has 1 aromatic heterocycles. The molecule has 21 heavy (non-hydrogen) atoms. The van der Waals surface area contributed by atoms with Crippen LogP contribution in [0.2, 0.25) is 0 Å². The molecule has 0 aliphatic heterocycles. The second-order valence-corrected chi connectivity index (χ2v) is 5.09. The molecule has 1 aromatic carbocycles. The Morgan fingerprint density at radius 1 is 1.43 bits per heavy atom. The zero-order chi connectivity index (χ0) is 14.8. The van der Waals surface area contributed by atoms with Crippen molar-refractivity contribution in [2.75, 3.05) is 6.61 Å². The zero-order valence-corrected chi connectivity index (χ0v) is 11.7. The van der Waals surface area contributed by atoms with Gasteiger partial charge in [0.05, 0.1) is 6.61 Å². The van der Waals surface area contributed by atoms with Crippen molar-refractivity contribution in [2.24, 2.45) is 0 Å². The first kappa shape index (κ1) is 13.7. The number of aromatic nitrogens is 3. The third-order valence-corrected chi connectivity index (χ3v) is 3.47. The van der Waals surface area contributed by atoms with E-state index >= 15 is 0 Å². The molecule has 0 bridgehead atoms. The molecule has 5 nitrogen and oxygen atoms in total. The van der Waals surface area contributed by atoms with E-state index in [1.54, 1.807) is 19.1 Å². The predicted octanol–water partition coefficient (Wildman–Crippen LogP) is 2.52. The second-order valence-electron chi connectivity index (χ2n) is 5.09. The Labute approximate surface area is 121 Å². The van der Waals surface area contributed by atoms with Crippen molar-refractivity contribution in [1.29, 1.82) is 0 Å². The number of esters is 1. The van der Waals surface area contributed by atoms with Gasteiger partial charge in [-0.2, -0.15) is 5.10 Å². The van der Waals surface area contributed by atoms with E-state index in [0.717, 1.165) is 18.7 Å². The highest BCUT2D eigenvalue weighted by atomic mass is 19.1. The summed E-state index contributed by atoms with van der Waals surface area (Å²) in [5.74, 6) is 0.0976. The van der Waals surface area contributed by atoms with Gasteiger partial charge in [-0.3, -0.25) is 9.89 Å². The molecule has 1 heterocycles. The van der Waals surface area contributed by atoms with Crippen LogP contribution in [0.15, 0.2) is 24.3 Å². The molecule has 0 saturated heterocycles. The number of carbonyl (C=O) groups excluding carboxylic acids is 1. The van der Waals surface area contributed by atoms with Crippen LogP contribution in [0.25, 0.3) is 0 Å². The van der Waals surface area contributed by atoms with E-state index in [1.807, 2.05) is 0 Å². The molecule has 1 N–H and O–H groups in total. The smallest absolute Gasteiger partial charge is 0.321 e. The van der Waals surface area contributed by atoms with Gasteiger partial charge >= 0.3 is 5.97 Å². The summed E-state index contributed by atoms with van der Waals surface area (Å²) >= 11 is 0. The lowest BCUT2D eigenvalue weighted by molar-refractivity contribution is -0.144. The fraction of sp³-hybridized carbons (Fsp3) is 0.400. The topological polar surface area (TPSA) is 67.9 Å². The lowest BCUT2D eigenvalue weighted by Crippen LogP contribution is -2.18. The van der Waals surface area contributed by atoms with Crippen LogP contribution in [-0.2, 0) is 9.53 Å². The monoisotopic (exact) mass is 289 g/mol. The summed E-state index contributed by atoms with van der Waals surface area (Å²) in [6.45, 7) is 2.02. The quantitative estimate of drug-likeness (QED) is 0.859. The Bertz CT molecular complexity index is 635. The summed E-state index contributed by atoms with van der Waals surface area (Å²) in [7, 11) is 0. The third-order valence-electron chi connectivity index (χ3n) is 3.47. The molecule has 1 unspecified atom stereocenters. The van der Waals surface area contributed by atoms with Crippen molar-refractivity contribution in [3.05, 3.63) is 47.3 Å². The van der Waals surface area contributed by atoms with Crippen LogP contribution in [0, 0.1) is 5.82 Å². The first-order valence-electron chi connectivity index (χ1n) is 7.03. The summed E-state index contributed by atoms with van der Waals surface area (Å²) in [5, 5.41) is 7.03. The number of H-pyrrole nitrogens is 1. The Morgan fingerprint density at radius 2 is 2.14 bits per heavy atom. The molecule has 3 rings (SSSR count). The molecule has 1 saturated carbocycles. The maximum absolute atomic E-state index is 13.1. The van der Waals surface area contributed by atoms with Crippen LogP contribution in [0.1, 0.15) is 48.8 Å². The summed E-state index contributed by atoms with van der Waals surface area (Å²) in [5.41, 5.74) is 0.621. The van der Waals surface area contributed by atoms with Crippen LogP contribution < -0.4 is 0 Å². The van der Waals surface area contributed by atoms with Crippen molar-refractivity contribution >= 4 is 5.97 Å². The maximum atomic E-state index is 13.1. The lowest BCUT2D eigenvalue weighted by atomic mass is 9.98. The lowest BCUT2D eigenvalue weighted by Gasteiger charge is -2.12. The van der Waals surface area contributed by atoms with Crippen LogP contribution in [0.5, 0.6) is 0 Å². The third kappa shape index (κ3) is 2.94. The Balaban J connectivity index is 1.93. The summed E-state index contributed by atoms with van der Waals surface area (Å²) in [4.78, 5) is 16.6. The van der Waals surface area contributed by atoms with Crippen molar-refractivity contribution in [3.63, 3.8) is 0 Å². The number of rotatable bonds is 5. The molecule has 1 fully saturated rings. The van der Waals surface area contributed by atoms with Gasteiger partial charge in [0.15, 0.2) is 5.82 Å². The van der Waals surface area contributed by atoms with Gasteiger partial charge in [0.1, 0.15) is 17.6 Å². The fourth-order valence-corrected chi connectivity index (χ4v) is 2.23. The van der Waals surface area contributed by atoms with Crippen LogP contribution in [-0.4, -0.2) is 27.8 Å². The van der Waals surface area contributed by atoms with E-state index in [2.05, 4.69) is 15.2 Å². The summed E-state index contributed by atoms with van der Waals surface area (Å²) in [6, 6.07) is 5.75. The average Bonchev–Trinajstić information content (AvgIpc) is 3.21. The van der Waals surface area contributed by atoms with E-state index in [4.69, 9.17) is 4.74 Å². The number of nitrogens with zero attached hydrogens (tertiary/aromatic N) is 2. The van der Waals surface area contributed by atoms with Gasteiger partial charge in [-0.15, -0.1) is 0 Å². The second kappa shape index (κ2) is 5.63. The van der Waals surface area contributed by atoms with Gasteiger partial charge in [-0.25, -0.2) is 9.37 Å². The molecule has 0 radical (unpaired) electrons. The fourth-order valence-electron chi connectivity index (χ4n) is 2.23. The standard InChI is InChI=1S/C15H16FN3O2/c1-2-21-15(20)12(9-5-7-11(16)8-6-9)14-17-13(18-19-14)10-3-4-10/h5-8,10,12H,2-4H2,1H3,(H,17,18,19). The van der Waals surface area contributed by atoms with Gasteiger partial charge in [-0.05, 0) is 37.5 Å². The minimum atomic E-state index is -0.728. The number of hydrogen-bond donors (Lipinski definition) is 1. The molecule has 1 atom stereocenters. The van der Waals surface area contributed by atoms with E-state index in [9.17, 15) is 9.18 Å². The van der Waals surface area contributed by atoms with E-state index in [1.165, 1.54) is 12.1 Å². The number of carbonyl (C=O) groups is 1. The summed E-state index contributed by atoms with van der Waals surface area (Å²) in [6.07, 6.45) is 2.19. The SMILES string of the molecule is CCOC(=O)C(c1ccc(F)cc1)c1n[nH]c(C2CC2)n1. The first-order valence-corrected chi connectivity index (χ1v) is 7.03. The molecule has 1 aliphatic carbocycles. The van der Waals surface area contributed by atoms with Crippen LogP contribution in [0.4, 0.5) is 4.39 Å². The molecule has 0 amide bonds.